The monoisotopic (exact) mass is 224 g/mol. The number of fused-ring (bicyclic) bond motifs is 2. The number of rotatable bonds is 2. The lowest BCUT2D eigenvalue weighted by atomic mass is 9.85. The van der Waals surface area contributed by atoms with E-state index < -0.39 is 0 Å². The maximum atomic E-state index is 6.52. The highest BCUT2D eigenvalue weighted by atomic mass is 15.3. The molecule has 3 N–H and O–H groups in total. The number of nitrogens with zero attached hydrogens (tertiary/aromatic N) is 2. The third-order valence-electron chi connectivity index (χ3n) is 4.52. The van der Waals surface area contributed by atoms with Gasteiger partial charge in [-0.15, -0.1) is 0 Å². The SMILES string of the molecule is CN1CCC(N)(CN2CC3CC(C2)N3)CC1. The highest BCUT2D eigenvalue weighted by molar-refractivity contribution is 5.01. The second kappa shape index (κ2) is 3.95. The molecule has 4 heteroatoms. The fourth-order valence-electron chi connectivity index (χ4n) is 3.40. The number of hydrogen-bond acceptors (Lipinski definition) is 4. The Morgan fingerprint density at radius 1 is 1.25 bits per heavy atom. The summed E-state index contributed by atoms with van der Waals surface area (Å²) in [4.78, 5) is 4.97. The second-order valence-corrected chi connectivity index (χ2v) is 6.16. The van der Waals surface area contributed by atoms with E-state index in [4.69, 9.17) is 5.73 Å². The average Bonchev–Trinajstić information content (AvgIpc) is 2.22. The van der Waals surface area contributed by atoms with Crippen molar-refractivity contribution in [3.05, 3.63) is 0 Å². The molecule has 0 spiro atoms. The van der Waals surface area contributed by atoms with Crippen LogP contribution in [0.25, 0.3) is 0 Å². The van der Waals surface area contributed by atoms with Crippen molar-refractivity contribution in [3.8, 4) is 0 Å². The summed E-state index contributed by atoms with van der Waals surface area (Å²) in [6.07, 6.45) is 3.70. The van der Waals surface area contributed by atoms with E-state index in [1.54, 1.807) is 0 Å². The summed E-state index contributed by atoms with van der Waals surface area (Å²) in [6.45, 7) is 5.86. The Morgan fingerprint density at radius 3 is 2.38 bits per heavy atom. The summed E-state index contributed by atoms with van der Waals surface area (Å²) in [5.74, 6) is 0. The number of hydrogen-bond donors (Lipinski definition) is 2. The largest absolute Gasteiger partial charge is 0.324 e. The van der Waals surface area contributed by atoms with Crippen molar-refractivity contribution >= 4 is 0 Å². The lowest BCUT2D eigenvalue weighted by molar-refractivity contribution is 0.0470. The number of piperidine rings is 2. The van der Waals surface area contributed by atoms with Gasteiger partial charge in [0.05, 0.1) is 0 Å². The topological polar surface area (TPSA) is 44.5 Å². The Labute approximate surface area is 98.1 Å². The molecule has 4 aliphatic rings. The fraction of sp³-hybridized carbons (Fsp3) is 1.00. The van der Waals surface area contributed by atoms with Crippen LogP contribution in [0.1, 0.15) is 19.3 Å². The van der Waals surface area contributed by atoms with Gasteiger partial charge < -0.3 is 16.0 Å². The highest BCUT2D eigenvalue weighted by Crippen LogP contribution is 2.25. The lowest BCUT2D eigenvalue weighted by Crippen LogP contribution is -2.69. The molecule has 4 heterocycles. The van der Waals surface area contributed by atoms with Gasteiger partial charge in [-0.3, -0.25) is 4.90 Å². The van der Waals surface area contributed by atoms with Crippen molar-refractivity contribution in [2.24, 2.45) is 5.73 Å². The molecule has 2 atom stereocenters. The van der Waals surface area contributed by atoms with Crippen molar-refractivity contribution in [2.45, 2.75) is 36.9 Å². The van der Waals surface area contributed by atoms with E-state index in [2.05, 4.69) is 22.2 Å². The summed E-state index contributed by atoms with van der Waals surface area (Å²) in [5, 5.41) is 3.58. The van der Waals surface area contributed by atoms with Gasteiger partial charge in [0, 0.05) is 37.3 Å². The lowest BCUT2D eigenvalue weighted by Gasteiger charge is -2.51. The number of nitrogens with two attached hydrogens (primary N) is 1. The first-order chi connectivity index (χ1) is 7.63. The van der Waals surface area contributed by atoms with Crippen molar-refractivity contribution in [3.63, 3.8) is 0 Å². The van der Waals surface area contributed by atoms with Gasteiger partial charge in [0.1, 0.15) is 0 Å². The summed E-state index contributed by atoms with van der Waals surface area (Å²) >= 11 is 0. The van der Waals surface area contributed by atoms with Crippen LogP contribution in [0.2, 0.25) is 0 Å². The van der Waals surface area contributed by atoms with Crippen LogP contribution in [0.4, 0.5) is 0 Å². The van der Waals surface area contributed by atoms with Crippen molar-refractivity contribution in [1.29, 1.82) is 0 Å². The zero-order valence-electron chi connectivity index (χ0n) is 10.3. The van der Waals surface area contributed by atoms with Gasteiger partial charge in [-0.25, -0.2) is 0 Å². The Hall–Kier alpha value is -0.160. The molecule has 4 aliphatic heterocycles. The standard InChI is InChI=1S/C12H24N4/c1-15-4-2-12(13,3-5-15)9-16-7-10-6-11(8-16)14-10/h10-11,14H,2-9,13H2,1H3. The van der Waals surface area contributed by atoms with Gasteiger partial charge in [-0.1, -0.05) is 0 Å². The van der Waals surface area contributed by atoms with Crippen LogP contribution in [-0.4, -0.2) is 67.2 Å². The molecule has 92 valence electrons. The highest BCUT2D eigenvalue weighted by Gasteiger charge is 2.39. The first kappa shape index (κ1) is 11.0. The minimum absolute atomic E-state index is 0.0797. The normalized spacial score (nSPS) is 39.4. The van der Waals surface area contributed by atoms with Gasteiger partial charge in [0.25, 0.3) is 0 Å². The third kappa shape index (κ3) is 2.12. The van der Waals surface area contributed by atoms with E-state index in [0.717, 1.165) is 44.6 Å². The van der Waals surface area contributed by atoms with Crippen LogP contribution < -0.4 is 11.1 Å². The molecular formula is C12H24N4. The predicted molar refractivity (Wildman–Crippen MR) is 65.4 cm³/mol. The minimum Gasteiger partial charge on any atom is -0.324 e. The fourth-order valence-corrected chi connectivity index (χ4v) is 3.40. The first-order valence-electron chi connectivity index (χ1n) is 6.59. The van der Waals surface area contributed by atoms with E-state index in [1.165, 1.54) is 19.5 Å². The molecule has 4 nitrogen and oxygen atoms in total. The molecule has 0 aromatic rings. The number of nitrogens with one attached hydrogen (secondary N) is 1. The quantitative estimate of drug-likeness (QED) is 0.661. The Bertz CT molecular complexity index is 244. The number of likely N-dealkylation sites (tertiary alicyclic amines) is 1. The molecule has 2 bridgehead atoms. The Balaban J connectivity index is 1.53. The van der Waals surface area contributed by atoms with Crippen molar-refractivity contribution < 1.29 is 0 Å². The smallest absolute Gasteiger partial charge is 0.0307 e. The molecule has 4 fully saturated rings. The molecule has 2 unspecified atom stereocenters. The molecule has 4 saturated heterocycles. The minimum atomic E-state index is 0.0797. The van der Waals surface area contributed by atoms with Gasteiger partial charge in [0.2, 0.25) is 0 Å². The molecule has 0 radical (unpaired) electrons. The molecule has 0 amide bonds. The van der Waals surface area contributed by atoms with Crippen LogP contribution in [0, 0.1) is 0 Å². The van der Waals surface area contributed by atoms with Crippen molar-refractivity contribution in [1.82, 2.24) is 15.1 Å². The summed E-state index contributed by atoms with van der Waals surface area (Å²) in [5.41, 5.74) is 6.60. The van der Waals surface area contributed by atoms with E-state index in [-0.39, 0.29) is 5.54 Å². The van der Waals surface area contributed by atoms with Gasteiger partial charge in [-0.05, 0) is 39.4 Å². The van der Waals surface area contributed by atoms with E-state index in [1.807, 2.05) is 0 Å². The zero-order chi connectivity index (χ0) is 11.2. The maximum absolute atomic E-state index is 6.52. The molecular weight excluding hydrogens is 200 g/mol. The predicted octanol–water partition coefficient (Wildman–Crippen LogP) is -0.544. The summed E-state index contributed by atoms with van der Waals surface area (Å²) in [7, 11) is 2.19. The van der Waals surface area contributed by atoms with Crippen molar-refractivity contribution in [2.75, 3.05) is 39.8 Å². The van der Waals surface area contributed by atoms with Gasteiger partial charge in [0.15, 0.2) is 0 Å². The number of piperazine rings is 1. The van der Waals surface area contributed by atoms with E-state index in [0.29, 0.717) is 0 Å². The summed E-state index contributed by atoms with van der Waals surface area (Å²) in [6, 6.07) is 1.52. The maximum Gasteiger partial charge on any atom is 0.0307 e. The van der Waals surface area contributed by atoms with E-state index >= 15 is 0 Å². The first-order valence-corrected chi connectivity index (χ1v) is 6.59. The van der Waals surface area contributed by atoms with E-state index in [9.17, 15) is 0 Å². The molecule has 0 aromatic carbocycles. The van der Waals surface area contributed by atoms with Crippen LogP contribution in [0.5, 0.6) is 0 Å². The van der Waals surface area contributed by atoms with Crippen LogP contribution in [-0.2, 0) is 0 Å². The molecule has 16 heavy (non-hydrogen) atoms. The molecule has 4 rings (SSSR count). The van der Waals surface area contributed by atoms with Crippen LogP contribution >= 0.6 is 0 Å². The van der Waals surface area contributed by atoms with Crippen LogP contribution in [0.3, 0.4) is 0 Å². The Morgan fingerprint density at radius 2 is 1.81 bits per heavy atom. The zero-order valence-corrected chi connectivity index (χ0v) is 10.3. The second-order valence-electron chi connectivity index (χ2n) is 6.16. The molecule has 0 aliphatic carbocycles. The molecule has 0 aromatic heterocycles. The van der Waals surface area contributed by atoms with Gasteiger partial charge >= 0.3 is 0 Å². The van der Waals surface area contributed by atoms with Crippen LogP contribution in [0.15, 0.2) is 0 Å². The third-order valence-corrected chi connectivity index (χ3v) is 4.52. The average molecular weight is 224 g/mol. The Kier molecular flexibility index (Phi) is 2.70. The summed E-state index contributed by atoms with van der Waals surface area (Å²) < 4.78 is 0. The molecule has 0 saturated carbocycles. The van der Waals surface area contributed by atoms with Gasteiger partial charge in [-0.2, -0.15) is 0 Å².